The lowest BCUT2D eigenvalue weighted by Crippen LogP contribution is -2.24. The molecule has 0 saturated heterocycles. The average Bonchev–Trinajstić information content (AvgIpc) is 3.13. The molecule has 1 aliphatic heterocycles. The van der Waals surface area contributed by atoms with E-state index in [-0.39, 0.29) is 0 Å². The molecule has 0 unspecified atom stereocenters. The van der Waals surface area contributed by atoms with Crippen LogP contribution in [-0.2, 0) is 11.3 Å². The van der Waals surface area contributed by atoms with Crippen LogP contribution in [0.3, 0.4) is 0 Å². The number of halogens is 3. The van der Waals surface area contributed by atoms with Crippen LogP contribution < -0.4 is 15.0 Å². The first kappa shape index (κ1) is 20.9. The third-order valence-corrected chi connectivity index (χ3v) is 5.94. The second-order valence-corrected chi connectivity index (χ2v) is 7.85. The zero-order valence-electron chi connectivity index (χ0n) is 17.7. The molecule has 4 aromatic rings. The van der Waals surface area contributed by atoms with Gasteiger partial charge in [0.25, 0.3) is 0 Å². The number of allylic oxidation sites excluding steroid dienone is 2. The molecule has 166 valence electrons. The summed E-state index contributed by atoms with van der Waals surface area (Å²) in [6.45, 7) is 0.770. The molecule has 4 nitrogen and oxygen atoms in total. The highest BCUT2D eigenvalue weighted by molar-refractivity contribution is 6.15. The molecule has 33 heavy (non-hydrogen) atoms. The summed E-state index contributed by atoms with van der Waals surface area (Å²) in [5, 5.41) is 2.75. The van der Waals surface area contributed by atoms with Crippen molar-refractivity contribution >= 4 is 33.3 Å². The third-order valence-electron chi connectivity index (χ3n) is 5.94. The van der Waals surface area contributed by atoms with Crippen molar-refractivity contribution in [1.82, 2.24) is 4.57 Å². The van der Waals surface area contributed by atoms with Crippen molar-refractivity contribution in [2.75, 3.05) is 18.6 Å². The first-order chi connectivity index (χ1) is 15.9. The summed E-state index contributed by atoms with van der Waals surface area (Å²) in [6.07, 6.45) is -0.698. The number of rotatable bonds is 4. The summed E-state index contributed by atoms with van der Waals surface area (Å²) in [4.78, 5) is 13.6. The molecule has 0 saturated carbocycles. The van der Waals surface area contributed by atoms with Gasteiger partial charge < -0.3 is 14.2 Å². The molecule has 0 aliphatic carbocycles. The number of alkyl halides is 3. The molecule has 0 atom stereocenters. The van der Waals surface area contributed by atoms with Crippen LogP contribution in [0.15, 0.2) is 78.5 Å². The number of nitrogens with zero attached hydrogens (tertiary/aromatic N) is 2. The van der Waals surface area contributed by atoms with Crippen LogP contribution in [0.5, 0.6) is 5.75 Å². The van der Waals surface area contributed by atoms with Gasteiger partial charge in [0.05, 0.1) is 18.2 Å². The first-order valence-corrected chi connectivity index (χ1v) is 10.3. The predicted octanol–water partition coefficient (Wildman–Crippen LogP) is 4.90. The van der Waals surface area contributed by atoms with Gasteiger partial charge in [0, 0.05) is 41.1 Å². The Morgan fingerprint density at radius 2 is 1.79 bits per heavy atom. The van der Waals surface area contributed by atoms with Gasteiger partial charge in [0.2, 0.25) is 0 Å². The van der Waals surface area contributed by atoms with Crippen molar-refractivity contribution in [3.63, 3.8) is 0 Å². The zero-order valence-corrected chi connectivity index (χ0v) is 17.7. The van der Waals surface area contributed by atoms with Crippen molar-refractivity contribution in [1.29, 1.82) is 0 Å². The summed E-state index contributed by atoms with van der Waals surface area (Å²) in [7, 11) is 1.60. The minimum atomic E-state index is -4.42. The molecule has 0 N–H and O–H groups in total. The van der Waals surface area contributed by atoms with E-state index in [1.165, 1.54) is 6.08 Å². The highest BCUT2D eigenvalue weighted by Crippen LogP contribution is 2.36. The smallest absolute Gasteiger partial charge is 0.417 e. The lowest BCUT2D eigenvalue weighted by Gasteiger charge is -2.25. The Bertz CT molecular complexity index is 1490. The minimum absolute atomic E-state index is 0.324. The van der Waals surface area contributed by atoms with E-state index in [1.807, 2.05) is 53.1 Å². The lowest BCUT2D eigenvalue weighted by molar-refractivity contribution is -0.0885. The van der Waals surface area contributed by atoms with Gasteiger partial charge in [-0.2, -0.15) is 13.2 Å². The summed E-state index contributed by atoms with van der Waals surface area (Å²) in [5.74, 6) is 2.81. The van der Waals surface area contributed by atoms with E-state index in [4.69, 9.17) is 4.74 Å². The predicted molar refractivity (Wildman–Crippen MR) is 122 cm³/mol. The molecule has 0 radical (unpaired) electrons. The number of anilines is 1. The third kappa shape index (κ3) is 3.56. The fraction of sp³-hybridized carbons (Fsp3) is 0.154. The molecule has 0 spiro atoms. The number of hydrogen-bond acceptors (Lipinski definition) is 3. The summed E-state index contributed by atoms with van der Waals surface area (Å²) >= 11 is 0. The molecular weight excluding hydrogens is 429 g/mol. The fourth-order valence-corrected chi connectivity index (χ4v) is 4.39. The first-order valence-electron chi connectivity index (χ1n) is 10.3. The van der Waals surface area contributed by atoms with E-state index in [0.29, 0.717) is 24.1 Å². The Morgan fingerprint density at radius 3 is 2.48 bits per heavy atom. The Balaban J connectivity index is 1.67. The van der Waals surface area contributed by atoms with Crippen molar-refractivity contribution in [3.8, 4) is 5.75 Å². The molecule has 7 heteroatoms. The number of carbonyl (C=O) groups excluding carboxylic acids is 1. The molecule has 0 amide bonds. The number of ether oxygens (including phenoxy) is 1. The summed E-state index contributed by atoms with van der Waals surface area (Å²) in [6, 6.07) is 16.8. The monoisotopic (exact) mass is 448 g/mol. The van der Waals surface area contributed by atoms with E-state index in [2.05, 4.69) is 5.94 Å². The van der Waals surface area contributed by atoms with Crippen LogP contribution in [0.2, 0.25) is 0 Å². The molecule has 5 rings (SSSR count). The topological polar surface area (TPSA) is 34.5 Å². The highest BCUT2D eigenvalue weighted by Gasteiger charge is 2.33. The second-order valence-electron chi connectivity index (χ2n) is 7.85. The SMILES string of the molecule is COc1ccc(Cn2c(=C=O)c3cccc4c(N5C=C(C(F)(F)F)C=CC5)ccc2c43)cc1. The Morgan fingerprint density at radius 1 is 1.03 bits per heavy atom. The maximum Gasteiger partial charge on any atom is 0.417 e. The van der Waals surface area contributed by atoms with Gasteiger partial charge >= 0.3 is 6.18 Å². The standard InChI is InChI=1S/C26H19F3N2O2/c1-33-19-9-7-17(8-10-19)14-31-23-12-11-22(30-13-3-4-18(15-30)26(27,28)29)20-5-2-6-21(25(20)23)24(31)16-32/h2-12,15H,13-14H2,1H3. The Kier molecular flexibility index (Phi) is 4.99. The van der Waals surface area contributed by atoms with Gasteiger partial charge in [-0.25, -0.2) is 4.79 Å². The normalized spacial score (nSPS) is 14.1. The molecule has 1 aliphatic rings. The molecular formula is C26H19F3N2O2. The maximum atomic E-state index is 13.3. The van der Waals surface area contributed by atoms with Crippen molar-refractivity contribution < 1.29 is 22.7 Å². The Hall–Kier alpha value is -3.96. The second kappa shape index (κ2) is 7.87. The van der Waals surface area contributed by atoms with Gasteiger partial charge in [0.15, 0.2) is 5.94 Å². The molecule has 1 aromatic heterocycles. The largest absolute Gasteiger partial charge is 0.497 e. The van der Waals surface area contributed by atoms with Crippen molar-refractivity contribution in [2.45, 2.75) is 12.7 Å². The van der Waals surface area contributed by atoms with E-state index < -0.39 is 11.7 Å². The van der Waals surface area contributed by atoms with E-state index in [1.54, 1.807) is 18.1 Å². The fourth-order valence-electron chi connectivity index (χ4n) is 4.39. The zero-order chi connectivity index (χ0) is 23.2. The van der Waals surface area contributed by atoms with Crippen LogP contribution >= 0.6 is 0 Å². The minimum Gasteiger partial charge on any atom is -0.497 e. The van der Waals surface area contributed by atoms with Gasteiger partial charge in [-0.1, -0.05) is 42.5 Å². The van der Waals surface area contributed by atoms with Crippen LogP contribution in [-0.4, -0.2) is 30.3 Å². The molecule has 0 bridgehead atoms. The quantitative estimate of drug-likeness (QED) is 0.446. The van der Waals surface area contributed by atoms with Crippen LogP contribution in [0.1, 0.15) is 5.56 Å². The van der Waals surface area contributed by atoms with Crippen molar-refractivity contribution in [2.24, 2.45) is 0 Å². The van der Waals surface area contributed by atoms with Gasteiger partial charge in [-0.15, -0.1) is 0 Å². The van der Waals surface area contributed by atoms with Crippen LogP contribution in [0.25, 0.3) is 21.7 Å². The Labute approximate surface area is 187 Å². The number of benzene rings is 3. The van der Waals surface area contributed by atoms with Gasteiger partial charge in [0.1, 0.15) is 11.1 Å². The van der Waals surface area contributed by atoms with Crippen molar-refractivity contribution in [3.05, 3.63) is 89.4 Å². The van der Waals surface area contributed by atoms with E-state index in [9.17, 15) is 18.0 Å². The van der Waals surface area contributed by atoms with Crippen LogP contribution in [0.4, 0.5) is 18.9 Å². The molecule has 3 aromatic carbocycles. The van der Waals surface area contributed by atoms with E-state index >= 15 is 0 Å². The average molecular weight is 448 g/mol. The number of hydrogen-bond donors (Lipinski definition) is 0. The number of aromatic nitrogens is 1. The van der Waals surface area contributed by atoms with E-state index in [0.717, 1.165) is 45.3 Å². The maximum absolute atomic E-state index is 13.3. The molecule has 0 fully saturated rings. The summed E-state index contributed by atoms with van der Waals surface area (Å²) < 4.78 is 46.9. The molecule has 2 heterocycles. The number of methoxy groups -OCH3 is 1. The van der Waals surface area contributed by atoms with Gasteiger partial charge in [-0.3, -0.25) is 0 Å². The lowest BCUT2D eigenvalue weighted by atomic mass is 10.0. The van der Waals surface area contributed by atoms with Crippen LogP contribution in [0, 0.1) is 0 Å². The summed E-state index contributed by atoms with van der Waals surface area (Å²) in [5.41, 5.74) is 1.75. The highest BCUT2D eigenvalue weighted by atomic mass is 19.4. The van der Waals surface area contributed by atoms with Gasteiger partial charge in [-0.05, 0) is 29.8 Å².